The second-order valence-electron chi connectivity index (χ2n) is 9.28. The van der Waals surface area contributed by atoms with Gasteiger partial charge in [0.05, 0.1) is 35.1 Å². The molecule has 1 atom stereocenters. The number of sulfone groups is 1. The number of nitrogens with zero attached hydrogens (tertiary/aromatic N) is 5. The largest absolute Gasteiger partial charge is 0.378 e. The highest BCUT2D eigenvalue weighted by Crippen LogP contribution is 2.28. The number of hydrogen-bond acceptors (Lipinski definition) is 8. The Morgan fingerprint density at radius 2 is 1.94 bits per heavy atom. The average Bonchev–Trinajstić information content (AvgIpc) is 3.28. The Morgan fingerprint density at radius 3 is 2.77 bits per heavy atom. The van der Waals surface area contributed by atoms with Crippen molar-refractivity contribution in [3.63, 3.8) is 0 Å². The number of aryl methyl sites for hydroxylation is 2. The molecule has 6 rings (SSSR count). The van der Waals surface area contributed by atoms with Crippen LogP contribution >= 0.6 is 0 Å². The SMILES string of the molecule is Cc1ccc(S(=O)(=O)c2n[nH]n3c2nc(=O)c2ccc(N4CCN5CCOCC5C4)cc23)c(C)c1. The predicted molar refractivity (Wildman–Crippen MR) is 131 cm³/mol. The number of aromatic nitrogens is 4. The molecule has 1 N–H and O–H groups in total. The van der Waals surface area contributed by atoms with Gasteiger partial charge in [0.15, 0.2) is 5.65 Å². The van der Waals surface area contributed by atoms with Gasteiger partial charge < -0.3 is 9.64 Å². The number of H-pyrrole nitrogens is 1. The summed E-state index contributed by atoms with van der Waals surface area (Å²) in [5.74, 6) is 0. The van der Waals surface area contributed by atoms with E-state index >= 15 is 0 Å². The Kier molecular flexibility index (Phi) is 5.17. The number of aromatic amines is 1. The van der Waals surface area contributed by atoms with Crippen LogP contribution in [0.5, 0.6) is 0 Å². The van der Waals surface area contributed by atoms with E-state index in [1.54, 1.807) is 31.2 Å². The van der Waals surface area contributed by atoms with Gasteiger partial charge in [-0.05, 0) is 43.7 Å². The first-order valence-electron chi connectivity index (χ1n) is 11.6. The van der Waals surface area contributed by atoms with E-state index in [4.69, 9.17) is 4.74 Å². The first kappa shape index (κ1) is 22.2. The van der Waals surface area contributed by atoms with Crippen LogP contribution in [0.1, 0.15) is 11.1 Å². The van der Waals surface area contributed by atoms with Crippen LogP contribution in [-0.2, 0) is 14.6 Å². The molecule has 2 aliphatic rings. The molecule has 2 aromatic carbocycles. The zero-order valence-corrected chi connectivity index (χ0v) is 20.4. The van der Waals surface area contributed by atoms with Crippen LogP contribution in [-0.4, -0.2) is 78.6 Å². The van der Waals surface area contributed by atoms with Crippen LogP contribution in [0.25, 0.3) is 16.6 Å². The minimum atomic E-state index is -3.99. The van der Waals surface area contributed by atoms with Crippen LogP contribution in [0.4, 0.5) is 5.69 Å². The summed E-state index contributed by atoms with van der Waals surface area (Å²) >= 11 is 0. The molecule has 2 saturated heterocycles. The third kappa shape index (κ3) is 3.62. The fraction of sp³-hybridized carbons (Fsp3) is 0.375. The lowest BCUT2D eigenvalue weighted by Gasteiger charge is -2.44. The van der Waals surface area contributed by atoms with Gasteiger partial charge in [0, 0.05) is 31.9 Å². The number of nitrogens with one attached hydrogen (secondary N) is 1. The van der Waals surface area contributed by atoms with Crippen molar-refractivity contribution in [2.24, 2.45) is 0 Å². The van der Waals surface area contributed by atoms with Crippen LogP contribution < -0.4 is 10.5 Å². The number of piperazine rings is 1. The number of ether oxygens (including phenoxy) is 1. The molecule has 2 aliphatic heterocycles. The van der Waals surface area contributed by atoms with Crippen molar-refractivity contribution < 1.29 is 13.2 Å². The zero-order chi connectivity index (χ0) is 24.3. The second kappa shape index (κ2) is 8.14. The van der Waals surface area contributed by atoms with Gasteiger partial charge in [-0.2, -0.15) is 4.98 Å². The smallest absolute Gasteiger partial charge is 0.281 e. The number of benzene rings is 2. The van der Waals surface area contributed by atoms with Crippen LogP contribution in [0.3, 0.4) is 0 Å². The molecule has 0 saturated carbocycles. The molecule has 10 nitrogen and oxygen atoms in total. The molecule has 35 heavy (non-hydrogen) atoms. The van der Waals surface area contributed by atoms with Crippen molar-refractivity contribution in [3.05, 3.63) is 57.9 Å². The molecule has 182 valence electrons. The van der Waals surface area contributed by atoms with E-state index in [1.807, 2.05) is 19.1 Å². The normalized spacial score (nSPS) is 19.4. The summed E-state index contributed by atoms with van der Waals surface area (Å²) in [4.78, 5) is 21.9. The van der Waals surface area contributed by atoms with Gasteiger partial charge in [0.1, 0.15) is 0 Å². The van der Waals surface area contributed by atoms with E-state index in [-0.39, 0.29) is 15.6 Å². The van der Waals surface area contributed by atoms with Gasteiger partial charge >= 0.3 is 0 Å². The van der Waals surface area contributed by atoms with E-state index in [2.05, 4.69) is 25.1 Å². The van der Waals surface area contributed by atoms with Crippen molar-refractivity contribution in [1.82, 2.24) is 24.7 Å². The fourth-order valence-electron chi connectivity index (χ4n) is 5.16. The van der Waals surface area contributed by atoms with Gasteiger partial charge in [-0.3, -0.25) is 9.69 Å². The Hall–Kier alpha value is -3.28. The van der Waals surface area contributed by atoms with Crippen LogP contribution in [0, 0.1) is 13.8 Å². The zero-order valence-electron chi connectivity index (χ0n) is 19.6. The average molecular weight is 495 g/mol. The van der Waals surface area contributed by atoms with E-state index in [0.29, 0.717) is 29.1 Å². The number of morpholine rings is 1. The first-order valence-corrected chi connectivity index (χ1v) is 13.1. The molecule has 0 radical (unpaired) electrons. The van der Waals surface area contributed by atoms with E-state index in [0.717, 1.165) is 44.0 Å². The topological polar surface area (TPSA) is 113 Å². The molecular formula is C24H26N6O4S. The number of fused-ring (bicyclic) bond motifs is 4. The van der Waals surface area contributed by atoms with E-state index < -0.39 is 15.4 Å². The first-order chi connectivity index (χ1) is 16.8. The standard InChI is InChI=1S/C24H26N6O4S/c1-15-3-6-21(16(2)11-15)35(32,33)24-22-25-23(31)19-5-4-17(12-20(19)30(22)27-26-24)29-8-7-28-9-10-34-14-18(28)13-29/h3-6,11-12,18,27H,7-10,13-14H2,1-2H3. The Bertz CT molecular complexity index is 1630. The summed E-state index contributed by atoms with van der Waals surface area (Å²) in [5, 5.41) is 7.02. The molecule has 4 aromatic rings. The number of rotatable bonds is 3. The molecule has 0 amide bonds. The quantitative estimate of drug-likeness (QED) is 0.456. The van der Waals surface area contributed by atoms with Gasteiger partial charge in [0.25, 0.3) is 5.56 Å². The molecule has 0 spiro atoms. The Labute approximate surface area is 202 Å². The summed E-state index contributed by atoms with van der Waals surface area (Å²) in [7, 11) is -3.99. The lowest BCUT2D eigenvalue weighted by atomic mass is 10.1. The third-order valence-electron chi connectivity index (χ3n) is 6.99. The monoisotopic (exact) mass is 494 g/mol. The summed E-state index contributed by atoms with van der Waals surface area (Å²) in [6.45, 7) is 8.70. The maximum Gasteiger partial charge on any atom is 0.281 e. The lowest BCUT2D eigenvalue weighted by Crippen LogP contribution is -2.58. The Balaban J connectivity index is 1.46. The second-order valence-corrected chi connectivity index (χ2v) is 11.1. The van der Waals surface area contributed by atoms with Crippen LogP contribution in [0.15, 0.2) is 51.1 Å². The molecule has 4 heterocycles. The summed E-state index contributed by atoms with van der Waals surface area (Å²) in [6, 6.07) is 11.0. The predicted octanol–water partition coefficient (Wildman–Crippen LogP) is 1.54. The molecule has 2 aromatic heterocycles. The highest BCUT2D eigenvalue weighted by atomic mass is 32.2. The van der Waals surface area contributed by atoms with Gasteiger partial charge in [-0.25, -0.2) is 18.1 Å². The van der Waals surface area contributed by atoms with Crippen molar-refractivity contribution in [2.75, 3.05) is 44.3 Å². The van der Waals surface area contributed by atoms with E-state index in [9.17, 15) is 13.2 Å². The minimum Gasteiger partial charge on any atom is -0.378 e. The van der Waals surface area contributed by atoms with Crippen molar-refractivity contribution in [2.45, 2.75) is 29.8 Å². The Morgan fingerprint density at radius 1 is 1.09 bits per heavy atom. The molecular weight excluding hydrogens is 468 g/mol. The number of hydrogen-bond donors (Lipinski definition) is 1. The van der Waals surface area contributed by atoms with Gasteiger partial charge in [-0.1, -0.05) is 17.7 Å². The fourth-order valence-corrected chi connectivity index (χ4v) is 6.64. The number of anilines is 1. The molecule has 0 bridgehead atoms. The molecule has 0 aliphatic carbocycles. The van der Waals surface area contributed by atoms with Gasteiger partial charge in [-0.15, -0.1) is 5.10 Å². The highest BCUT2D eigenvalue weighted by Gasteiger charge is 2.31. The summed E-state index contributed by atoms with van der Waals surface area (Å²) in [5.41, 5.74) is 2.56. The minimum absolute atomic E-state index is 0.00914. The lowest BCUT2D eigenvalue weighted by molar-refractivity contribution is -0.0116. The maximum absolute atomic E-state index is 13.5. The van der Waals surface area contributed by atoms with Crippen molar-refractivity contribution in [1.29, 1.82) is 0 Å². The summed E-state index contributed by atoms with van der Waals surface area (Å²) in [6.07, 6.45) is 0. The molecule has 1 unspecified atom stereocenters. The van der Waals surface area contributed by atoms with Crippen molar-refractivity contribution in [3.8, 4) is 0 Å². The van der Waals surface area contributed by atoms with E-state index in [1.165, 1.54) is 4.52 Å². The third-order valence-corrected chi connectivity index (χ3v) is 8.81. The molecule has 11 heteroatoms. The summed E-state index contributed by atoms with van der Waals surface area (Å²) < 4.78 is 34.1. The van der Waals surface area contributed by atoms with Gasteiger partial charge in [0.2, 0.25) is 14.9 Å². The highest BCUT2D eigenvalue weighted by molar-refractivity contribution is 7.91. The van der Waals surface area contributed by atoms with Crippen molar-refractivity contribution >= 4 is 32.1 Å². The maximum atomic E-state index is 13.5. The van der Waals surface area contributed by atoms with Crippen LogP contribution in [0.2, 0.25) is 0 Å². The molecule has 2 fully saturated rings.